The van der Waals surface area contributed by atoms with E-state index in [-0.39, 0.29) is 12.3 Å². The lowest BCUT2D eigenvalue weighted by Gasteiger charge is -2.03. The van der Waals surface area contributed by atoms with Gasteiger partial charge >= 0.3 is 5.97 Å². The van der Waals surface area contributed by atoms with E-state index in [1.807, 2.05) is 6.92 Å². The first-order chi connectivity index (χ1) is 9.15. The van der Waals surface area contributed by atoms with Gasteiger partial charge in [0.25, 0.3) is 5.91 Å². The van der Waals surface area contributed by atoms with Crippen LogP contribution in [0.2, 0.25) is 0 Å². The number of ether oxygens (including phenoxy) is 1. The van der Waals surface area contributed by atoms with E-state index in [0.29, 0.717) is 5.13 Å². The van der Waals surface area contributed by atoms with Crippen molar-refractivity contribution in [3.8, 4) is 0 Å². The summed E-state index contributed by atoms with van der Waals surface area (Å²) < 4.78 is 4.83. The van der Waals surface area contributed by atoms with E-state index in [1.165, 1.54) is 23.6 Å². The third-order valence-electron chi connectivity index (χ3n) is 2.08. The first-order valence-corrected chi connectivity index (χ1v) is 6.27. The Labute approximate surface area is 113 Å². The number of carbonyl (C=O) groups is 2. The van der Waals surface area contributed by atoms with Crippen LogP contribution >= 0.6 is 11.3 Å². The van der Waals surface area contributed by atoms with Gasteiger partial charge in [-0.2, -0.15) is 0 Å². The number of aryl methyl sites for hydroxylation is 1. The number of pyridine rings is 1. The fourth-order valence-corrected chi connectivity index (χ4v) is 1.94. The maximum atomic E-state index is 11.5. The van der Waals surface area contributed by atoms with Gasteiger partial charge in [0, 0.05) is 17.3 Å². The second-order valence-corrected chi connectivity index (χ2v) is 4.85. The zero-order valence-corrected chi connectivity index (χ0v) is 10.9. The Morgan fingerprint density at radius 3 is 2.84 bits per heavy atom. The number of carbonyl (C=O) groups excluding carboxylic acids is 2. The standard InChI is InChI=1S/C12H11N3O3S/c1-8-6-14-12(19-8)15-10(16)7-18-11(17)9-4-2-3-5-13-9/h2-6H,7H2,1H3,(H,14,15,16). The summed E-state index contributed by atoms with van der Waals surface area (Å²) in [4.78, 5) is 31.8. The number of rotatable bonds is 4. The topological polar surface area (TPSA) is 81.2 Å². The van der Waals surface area contributed by atoms with Gasteiger partial charge in [0.05, 0.1) is 0 Å². The van der Waals surface area contributed by atoms with E-state index >= 15 is 0 Å². The van der Waals surface area contributed by atoms with Crippen molar-refractivity contribution >= 4 is 28.3 Å². The van der Waals surface area contributed by atoms with Gasteiger partial charge < -0.3 is 4.74 Å². The molecule has 0 radical (unpaired) electrons. The summed E-state index contributed by atoms with van der Waals surface area (Å²) in [5.41, 5.74) is 0.167. The Bertz CT molecular complexity index is 583. The van der Waals surface area contributed by atoms with Crippen molar-refractivity contribution in [2.24, 2.45) is 0 Å². The van der Waals surface area contributed by atoms with E-state index in [9.17, 15) is 9.59 Å². The highest BCUT2D eigenvalue weighted by atomic mass is 32.1. The minimum atomic E-state index is -0.633. The maximum Gasteiger partial charge on any atom is 0.357 e. The normalized spacial score (nSPS) is 9.95. The number of nitrogens with zero attached hydrogens (tertiary/aromatic N) is 2. The molecule has 0 saturated carbocycles. The summed E-state index contributed by atoms with van der Waals surface area (Å²) in [5.74, 6) is -1.07. The smallest absolute Gasteiger partial charge is 0.357 e. The summed E-state index contributed by atoms with van der Waals surface area (Å²) in [7, 11) is 0. The molecule has 0 aliphatic heterocycles. The molecule has 0 saturated heterocycles. The molecule has 0 atom stereocenters. The van der Waals surface area contributed by atoms with Gasteiger partial charge in [-0.05, 0) is 19.1 Å². The minimum Gasteiger partial charge on any atom is -0.451 e. The number of anilines is 1. The van der Waals surface area contributed by atoms with Gasteiger partial charge in [0.2, 0.25) is 0 Å². The van der Waals surface area contributed by atoms with Crippen molar-refractivity contribution < 1.29 is 14.3 Å². The molecule has 2 aromatic heterocycles. The molecule has 7 heteroatoms. The fraction of sp³-hybridized carbons (Fsp3) is 0.167. The molecule has 0 unspecified atom stereocenters. The van der Waals surface area contributed by atoms with Crippen molar-refractivity contribution in [1.29, 1.82) is 0 Å². The van der Waals surface area contributed by atoms with Crippen LogP contribution in [0.4, 0.5) is 5.13 Å². The molecule has 2 aromatic rings. The van der Waals surface area contributed by atoms with E-state index < -0.39 is 11.9 Å². The number of aromatic nitrogens is 2. The minimum absolute atomic E-state index is 0.167. The molecule has 98 valence electrons. The van der Waals surface area contributed by atoms with Crippen molar-refractivity contribution in [2.75, 3.05) is 11.9 Å². The first-order valence-electron chi connectivity index (χ1n) is 5.45. The molecule has 0 aromatic carbocycles. The van der Waals surface area contributed by atoms with Crippen LogP contribution in [-0.2, 0) is 9.53 Å². The molecule has 0 spiro atoms. The lowest BCUT2D eigenvalue weighted by atomic mass is 10.3. The van der Waals surface area contributed by atoms with Crippen molar-refractivity contribution in [3.63, 3.8) is 0 Å². The average Bonchev–Trinajstić information content (AvgIpc) is 2.82. The average molecular weight is 277 g/mol. The SMILES string of the molecule is Cc1cnc(NC(=O)COC(=O)c2ccccn2)s1. The van der Waals surface area contributed by atoms with E-state index in [4.69, 9.17) is 4.74 Å². The van der Waals surface area contributed by atoms with Crippen molar-refractivity contribution in [2.45, 2.75) is 6.92 Å². The summed E-state index contributed by atoms with van der Waals surface area (Å²) in [5, 5.41) is 3.02. The summed E-state index contributed by atoms with van der Waals surface area (Å²) in [6.07, 6.45) is 3.13. The molecular formula is C12H11N3O3S. The molecular weight excluding hydrogens is 266 g/mol. The Hall–Kier alpha value is -2.28. The van der Waals surface area contributed by atoms with Gasteiger partial charge in [-0.15, -0.1) is 11.3 Å². The molecule has 0 aliphatic rings. The predicted octanol–water partition coefficient (Wildman–Crippen LogP) is 1.64. The summed E-state index contributed by atoms with van der Waals surface area (Å²) in [6.45, 7) is 1.52. The molecule has 0 bridgehead atoms. The quantitative estimate of drug-likeness (QED) is 0.859. The van der Waals surface area contributed by atoms with Crippen molar-refractivity contribution in [3.05, 3.63) is 41.2 Å². The van der Waals surface area contributed by atoms with Gasteiger partial charge in [-0.3, -0.25) is 10.1 Å². The monoisotopic (exact) mass is 277 g/mol. The van der Waals surface area contributed by atoms with Crippen molar-refractivity contribution in [1.82, 2.24) is 9.97 Å². The zero-order valence-electron chi connectivity index (χ0n) is 10.1. The van der Waals surface area contributed by atoms with E-state index in [2.05, 4.69) is 15.3 Å². The third-order valence-corrected chi connectivity index (χ3v) is 2.90. The number of esters is 1. The molecule has 0 fully saturated rings. The molecule has 1 amide bonds. The zero-order chi connectivity index (χ0) is 13.7. The lowest BCUT2D eigenvalue weighted by molar-refractivity contribution is -0.119. The predicted molar refractivity (Wildman–Crippen MR) is 70.0 cm³/mol. The number of hydrogen-bond donors (Lipinski definition) is 1. The van der Waals surface area contributed by atoms with Gasteiger partial charge in [0.1, 0.15) is 5.69 Å². The van der Waals surface area contributed by atoms with Gasteiger partial charge in [-0.1, -0.05) is 6.07 Å². The van der Waals surface area contributed by atoms with Crippen LogP contribution in [0, 0.1) is 6.92 Å². The largest absolute Gasteiger partial charge is 0.451 e. The van der Waals surface area contributed by atoms with Crippen LogP contribution in [0.3, 0.4) is 0 Å². The number of nitrogens with one attached hydrogen (secondary N) is 1. The van der Waals surface area contributed by atoms with Crippen LogP contribution in [0.25, 0.3) is 0 Å². The number of hydrogen-bond acceptors (Lipinski definition) is 6. The molecule has 1 N–H and O–H groups in total. The molecule has 0 aliphatic carbocycles. The Morgan fingerprint density at radius 1 is 1.37 bits per heavy atom. The van der Waals surface area contributed by atoms with E-state index in [0.717, 1.165) is 4.88 Å². The van der Waals surface area contributed by atoms with Gasteiger partial charge in [-0.25, -0.2) is 14.8 Å². The summed E-state index contributed by atoms with van der Waals surface area (Å²) >= 11 is 1.35. The Kier molecular flexibility index (Phi) is 4.19. The Morgan fingerprint density at radius 2 is 2.21 bits per heavy atom. The number of thiazole rings is 1. The first kappa shape index (κ1) is 13.2. The Balaban J connectivity index is 1.82. The van der Waals surface area contributed by atoms with E-state index in [1.54, 1.807) is 18.3 Å². The summed E-state index contributed by atoms with van der Waals surface area (Å²) in [6, 6.07) is 4.88. The third kappa shape index (κ3) is 3.85. The number of amides is 1. The highest BCUT2D eigenvalue weighted by Gasteiger charge is 2.11. The lowest BCUT2D eigenvalue weighted by Crippen LogP contribution is -2.21. The molecule has 6 nitrogen and oxygen atoms in total. The van der Waals surface area contributed by atoms with Gasteiger partial charge in [0.15, 0.2) is 11.7 Å². The highest BCUT2D eigenvalue weighted by Crippen LogP contribution is 2.16. The second kappa shape index (κ2) is 6.05. The maximum absolute atomic E-state index is 11.5. The second-order valence-electron chi connectivity index (χ2n) is 3.62. The molecule has 2 rings (SSSR count). The van der Waals surface area contributed by atoms with Crippen LogP contribution in [0.5, 0.6) is 0 Å². The van der Waals surface area contributed by atoms with Crippen LogP contribution < -0.4 is 5.32 Å². The highest BCUT2D eigenvalue weighted by molar-refractivity contribution is 7.15. The fourth-order valence-electron chi connectivity index (χ4n) is 1.26. The molecule has 19 heavy (non-hydrogen) atoms. The van der Waals surface area contributed by atoms with Crippen LogP contribution in [0.15, 0.2) is 30.6 Å². The van der Waals surface area contributed by atoms with Crippen LogP contribution in [0.1, 0.15) is 15.4 Å². The molecule has 2 heterocycles. The van der Waals surface area contributed by atoms with Crippen LogP contribution in [-0.4, -0.2) is 28.5 Å².